The predicted molar refractivity (Wildman–Crippen MR) is 48.3 cm³/mol. The second-order valence-corrected chi connectivity index (χ2v) is 2.57. The van der Waals surface area contributed by atoms with Crippen LogP contribution in [0, 0.1) is 0 Å². The minimum absolute atomic E-state index is 0.129. The maximum Gasteiger partial charge on any atom is 0.243 e. The van der Waals surface area contributed by atoms with Crippen LogP contribution in [0.2, 0.25) is 0 Å². The van der Waals surface area contributed by atoms with Gasteiger partial charge < -0.3 is 9.47 Å². The Hall–Kier alpha value is -1.18. The minimum atomic E-state index is -0.129. The summed E-state index contributed by atoms with van der Waals surface area (Å²) in [6, 6.07) is 0. The van der Waals surface area contributed by atoms with Gasteiger partial charge in [-0.15, -0.1) is 6.58 Å². The van der Waals surface area contributed by atoms with Gasteiger partial charge in [0.05, 0.1) is 0 Å². The molecular formula is C10H14O2. The summed E-state index contributed by atoms with van der Waals surface area (Å²) in [4.78, 5) is 0. The molecule has 66 valence electrons. The van der Waals surface area contributed by atoms with E-state index in [1.807, 2.05) is 19.1 Å². The van der Waals surface area contributed by atoms with Crippen LogP contribution in [-0.4, -0.2) is 6.29 Å². The van der Waals surface area contributed by atoms with Crippen LogP contribution in [0.15, 0.2) is 36.8 Å². The standard InChI is InChI=1S/C10H14O2/c1-3-5-7-10-11-8-9(12-10)6-4-2/h3-5,8,10H,2,6-7H2,1H3/b5-3+. The quantitative estimate of drug-likeness (QED) is 0.598. The van der Waals surface area contributed by atoms with E-state index in [0.717, 1.165) is 18.6 Å². The fraction of sp³-hybridized carbons (Fsp3) is 0.400. The lowest BCUT2D eigenvalue weighted by Gasteiger charge is -2.08. The Morgan fingerprint density at radius 3 is 3.17 bits per heavy atom. The van der Waals surface area contributed by atoms with Gasteiger partial charge in [0.25, 0.3) is 0 Å². The zero-order chi connectivity index (χ0) is 8.81. The Balaban J connectivity index is 2.26. The fourth-order valence-corrected chi connectivity index (χ4v) is 0.966. The van der Waals surface area contributed by atoms with Crippen LogP contribution in [-0.2, 0) is 9.47 Å². The third-order valence-electron chi connectivity index (χ3n) is 1.54. The maximum absolute atomic E-state index is 5.42. The number of ether oxygens (including phenoxy) is 2. The molecule has 0 spiro atoms. The van der Waals surface area contributed by atoms with Gasteiger partial charge in [-0.2, -0.15) is 0 Å². The van der Waals surface area contributed by atoms with E-state index in [1.165, 1.54) is 0 Å². The van der Waals surface area contributed by atoms with Crippen LogP contribution in [0.3, 0.4) is 0 Å². The first-order valence-corrected chi connectivity index (χ1v) is 4.10. The molecule has 2 heteroatoms. The number of rotatable bonds is 4. The van der Waals surface area contributed by atoms with E-state index in [2.05, 4.69) is 6.58 Å². The van der Waals surface area contributed by atoms with Crippen molar-refractivity contribution in [1.29, 1.82) is 0 Å². The Kier molecular flexibility index (Phi) is 3.45. The molecule has 1 rings (SSSR count). The fourth-order valence-electron chi connectivity index (χ4n) is 0.966. The summed E-state index contributed by atoms with van der Waals surface area (Å²) in [7, 11) is 0. The summed E-state index contributed by atoms with van der Waals surface area (Å²) in [6.45, 7) is 5.60. The summed E-state index contributed by atoms with van der Waals surface area (Å²) in [5.74, 6) is 0.861. The normalized spacial score (nSPS) is 21.8. The van der Waals surface area contributed by atoms with E-state index in [1.54, 1.807) is 12.3 Å². The zero-order valence-corrected chi connectivity index (χ0v) is 7.32. The molecule has 0 saturated heterocycles. The first-order valence-electron chi connectivity index (χ1n) is 4.10. The SMILES string of the molecule is C=CCC1=COC(C/C=C/C)O1. The molecule has 0 amide bonds. The van der Waals surface area contributed by atoms with E-state index < -0.39 is 0 Å². The van der Waals surface area contributed by atoms with Gasteiger partial charge in [-0.3, -0.25) is 0 Å². The van der Waals surface area contributed by atoms with Crippen LogP contribution < -0.4 is 0 Å². The zero-order valence-electron chi connectivity index (χ0n) is 7.32. The molecule has 1 heterocycles. The summed E-state index contributed by atoms with van der Waals surface area (Å²) in [5, 5.41) is 0. The third kappa shape index (κ3) is 2.46. The molecule has 1 aliphatic heterocycles. The van der Waals surface area contributed by atoms with Gasteiger partial charge in [-0.05, 0) is 6.92 Å². The molecule has 1 aliphatic rings. The monoisotopic (exact) mass is 166 g/mol. The molecule has 0 aromatic rings. The Morgan fingerprint density at radius 2 is 2.50 bits per heavy atom. The van der Waals surface area contributed by atoms with Crippen molar-refractivity contribution < 1.29 is 9.47 Å². The third-order valence-corrected chi connectivity index (χ3v) is 1.54. The van der Waals surface area contributed by atoms with E-state index in [4.69, 9.17) is 9.47 Å². The van der Waals surface area contributed by atoms with Gasteiger partial charge in [0.2, 0.25) is 6.29 Å². The molecular weight excluding hydrogens is 152 g/mol. The second kappa shape index (κ2) is 4.65. The van der Waals surface area contributed by atoms with Crippen LogP contribution in [0.1, 0.15) is 19.8 Å². The van der Waals surface area contributed by atoms with Gasteiger partial charge in [-0.25, -0.2) is 0 Å². The smallest absolute Gasteiger partial charge is 0.243 e. The molecule has 0 aromatic carbocycles. The van der Waals surface area contributed by atoms with Crippen molar-refractivity contribution >= 4 is 0 Å². The molecule has 1 atom stereocenters. The van der Waals surface area contributed by atoms with Gasteiger partial charge in [0, 0.05) is 12.8 Å². The predicted octanol–water partition coefficient (Wildman–Crippen LogP) is 2.74. The van der Waals surface area contributed by atoms with E-state index in [9.17, 15) is 0 Å². The minimum Gasteiger partial charge on any atom is -0.459 e. The molecule has 0 radical (unpaired) electrons. The van der Waals surface area contributed by atoms with Gasteiger partial charge >= 0.3 is 0 Å². The van der Waals surface area contributed by atoms with Crippen molar-refractivity contribution in [2.45, 2.75) is 26.1 Å². The van der Waals surface area contributed by atoms with Crippen molar-refractivity contribution in [3.05, 3.63) is 36.8 Å². The average molecular weight is 166 g/mol. The second-order valence-electron chi connectivity index (χ2n) is 2.57. The van der Waals surface area contributed by atoms with Crippen LogP contribution >= 0.6 is 0 Å². The molecule has 12 heavy (non-hydrogen) atoms. The average Bonchev–Trinajstić information content (AvgIpc) is 2.50. The molecule has 0 bridgehead atoms. The van der Waals surface area contributed by atoms with Gasteiger partial charge in [-0.1, -0.05) is 18.2 Å². The van der Waals surface area contributed by atoms with Crippen LogP contribution in [0.25, 0.3) is 0 Å². The van der Waals surface area contributed by atoms with E-state index >= 15 is 0 Å². The van der Waals surface area contributed by atoms with E-state index in [0.29, 0.717) is 0 Å². The van der Waals surface area contributed by atoms with Gasteiger partial charge in [0.15, 0.2) is 0 Å². The number of hydrogen-bond donors (Lipinski definition) is 0. The molecule has 0 aliphatic carbocycles. The van der Waals surface area contributed by atoms with Crippen molar-refractivity contribution in [1.82, 2.24) is 0 Å². The van der Waals surface area contributed by atoms with Gasteiger partial charge in [0.1, 0.15) is 12.0 Å². The van der Waals surface area contributed by atoms with E-state index in [-0.39, 0.29) is 6.29 Å². The highest BCUT2D eigenvalue weighted by Crippen LogP contribution is 2.19. The first kappa shape index (κ1) is 8.91. The molecule has 0 N–H and O–H groups in total. The summed E-state index contributed by atoms with van der Waals surface area (Å²) >= 11 is 0. The Morgan fingerprint density at radius 1 is 1.67 bits per heavy atom. The largest absolute Gasteiger partial charge is 0.459 e. The molecule has 0 aromatic heterocycles. The van der Waals surface area contributed by atoms with Crippen LogP contribution in [0.5, 0.6) is 0 Å². The highest BCUT2D eigenvalue weighted by atomic mass is 16.7. The van der Waals surface area contributed by atoms with Crippen molar-refractivity contribution in [3.63, 3.8) is 0 Å². The summed E-state index contributed by atoms with van der Waals surface area (Å²) in [6.07, 6.45) is 8.88. The van der Waals surface area contributed by atoms with Crippen LogP contribution in [0.4, 0.5) is 0 Å². The summed E-state index contributed by atoms with van der Waals surface area (Å²) < 4.78 is 10.7. The molecule has 2 nitrogen and oxygen atoms in total. The van der Waals surface area contributed by atoms with Crippen molar-refractivity contribution in [3.8, 4) is 0 Å². The lowest BCUT2D eigenvalue weighted by Crippen LogP contribution is -2.06. The topological polar surface area (TPSA) is 18.5 Å². The number of hydrogen-bond acceptors (Lipinski definition) is 2. The lowest BCUT2D eigenvalue weighted by molar-refractivity contribution is -0.0286. The Bertz CT molecular complexity index is 204. The molecule has 0 saturated carbocycles. The lowest BCUT2D eigenvalue weighted by atomic mass is 10.3. The molecule has 0 fully saturated rings. The maximum atomic E-state index is 5.42. The summed E-state index contributed by atoms with van der Waals surface area (Å²) in [5.41, 5.74) is 0. The molecule has 1 unspecified atom stereocenters. The first-order chi connectivity index (χ1) is 5.86. The highest BCUT2D eigenvalue weighted by molar-refractivity contribution is 4.98. The Labute approximate surface area is 73.2 Å². The van der Waals surface area contributed by atoms with Crippen molar-refractivity contribution in [2.75, 3.05) is 0 Å². The number of allylic oxidation sites excluding steroid dienone is 2. The van der Waals surface area contributed by atoms with Crippen molar-refractivity contribution in [2.24, 2.45) is 0 Å². The highest BCUT2D eigenvalue weighted by Gasteiger charge is 2.16.